The van der Waals surface area contributed by atoms with Gasteiger partial charge in [-0.25, -0.2) is 0 Å². The maximum Gasteiger partial charge on any atom is 0.311 e. The number of thioether (sulfide) groups is 1. The standard InChI is InChI=1S/C24H27N3O8S/c1-14(2)22(26-23(32)16-8-9-19(28)18(10-16)27(34)35)24(33)25-17(11-21(30)31)20(29)13-36-12-15-6-4-3-5-7-15/h3-10,14,17,22,28H,11-13H2,1-2H3,(H,25,33)(H,26,32)(H,30,31)/t17?,22-/m0/s1. The SMILES string of the molecule is CC(C)[C@H](NC(=O)c1ccc(O)c([N+](=O)[O-])c1)C(=O)NC(CC(=O)O)C(=O)CSCc1ccccc1. The number of carboxylic acid groups (broad SMARTS) is 1. The van der Waals surface area contributed by atoms with E-state index in [-0.39, 0.29) is 11.3 Å². The van der Waals surface area contributed by atoms with Crippen LogP contribution >= 0.6 is 11.8 Å². The second kappa shape index (κ2) is 13.2. The number of phenolic OH excluding ortho intramolecular Hbond substituents is 1. The third-order valence-electron chi connectivity index (χ3n) is 5.11. The fourth-order valence-corrected chi connectivity index (χ4v) is 4.13. The summed E-state index contributed by atoms with van der Waals surface area (Å²) in [4.78, 5) is 59.8. The first-order valence-corrected chi connectivity index (χ1v) is 12.1. The van der Waals surface area contributed by atoms with E-state index in [9.17, 15) is 39.5 Å². The van der Waals surface area contributed by atoms with Crippen LogP contribution in [0.1, 0.15) is 36.2 Å². The summed E-state index contributed by atoms with van der Waals surface area (Å²) in [5, 5.41) is 34.7. The van der Waals surface area contributed by atoms with Gasteiger partial charge < -0.3 is 20.8 Å². The number of aromatic hydroxyl groups is 1. The second-order valence-electron chi connectivity index (χ2n) is 8.26. The smallest absolute Gasteiger partial charge is 0.311 e. The Morgan fingerprint density at radius 2 is 1.72 bits per heavy atom. The molecule has 0 heterocycles. The molecule has 0 bridgehead atoms. The highest BCUT2D eigenvalue weighted by Gasteiger charge is 2.30. The fourth-order valence-electron chi connectivity index (χ4n) is 3.20. The molecule has 0 radical (unpaired) electrons. The van der Waals surface area contributed by atoms with E-state index in [1.165, 1.54) is 11.8 Å². The molecule has 2 atom stereocenters. The van der Waals surface area contributed by atoms with Gasteiger partial charge in [-0.15, -0.1) is 11.8 Å². The van der Waals surface area contributed by atoms with E-state index in [4.69, 9.17) is 0 Å². The Bertz CT molecular complexity index is 1120. The summed E-state index contributed by atoms with van der Waals surface area (Å²) in [6.45, 7) is 3.26. The summed E-state index contributed by atoms with van der Waals surface area (Å²) >= 11 is 1.29. The molecule has 2 aromatic rings. The van der Waals surface area contributed by atoms with Gasteiger partial charge >= 0.3 is 11.7 Å². The molecular weight excluding hydrogens is 490 g/mol. The second-order valence-corrected chi connectivity index (χ2v) is 9.25. The zero-order chi connectivity index (χ0) is 26.8. The number of aliphatic carboxylic acids is 1. The molecule has 0 aliphatic heterocycles. The minimum atomic E-state index is -1.30. The van der Waals surface area contributed by atoms with E-state index in [0.717, 1.165) is 23.8 Å². The summed E-state index contributed by atoms with van der Waals surface area (Å²) in [5.74, 6) is -3.90. The van der Waals surface area contributed by atoms with Gasteiger partial charge in [0, 0.05) is 17.4 Å². The molecular formula is C24H27N3O8S. The minimum absolute atomic E-state index is 0.0248. The van der Waals surface area contributed by atoms with Crippen molar-refractivity contribution in [2.45, 2.75) is 38.1 Å². The first-order chi connectivity index (χ1) is 17.0. The fraction of sp³-hybridized carbons (Fsp3) is 0.333. The number of rotatable bonds is 13. The van der Waals surface area contributed by atoms with Crippen molar-refractivity contribution < 1.29 is 34.3 Å². The van der Waals surface area contributed by atoms with Crippen molar-refractivity contribution in [1.29, 1.82) is 0 Å². The number of carbonyl (C=O) groups is 4. The average molecular weight is 518 g/mol. The Balaban J connectivity index is 2.09. The van der Waals surface area contributed by atoms with E-state index in [0.29, 0.717) is 5.75 Å². The summed E-state index contributed by atoms with van der Waals surface area (Å²) in [7, 11) is 0. The van der Waals surface area contributed by atoms with Gasteiger partial charge in [0.2, 0.25) is 5.91 Å². The number of ketones is 1. The molecule has 2 aromatic carbocycles. The van der Waals surface area contributed by atoms with Crippen LogP contribution in [-0.2, 0) is 20.1 Å². The number of hydrogen-bond donors (Lipinski definition) is 4. The number of carbonyl (C=O) groups excluding carboxylic acids is 3. The molecule has 0 aliphatic carbocycles. The normalized spacial score (nSPS) is 12.4. The van der Waals surface area contributed by atoms with Gasteiger partial charge in [-0.2, -0.15) is 0 Å². The lowest BCUT2D eigenvalue weighted by atomic mass is 10.0. The molecule has 2 amide bonds. The Morgan fingerprint density at radius 1 is 1.06 bits per heavy atom. The number of nitro benzene ring substituents is 1. The van der Waals surface area contributed by atoms with Gasteiger partial charge in [-0.1, -0.05) is 44.2 Å². The van der Waals surface area contributed by atoms with Crippen LogP contribution in [0.2, 0.25) is 0 Å². The van der Waals surface area contributed by atoms with Crippen molar-refractivity contribution in [2.24, 2.45) is 5.92 Å². The molecule has 4 N–H and O–H groups in total. The molecule has 0 spiro atoms. The molecule has 192 valence electrons. The molecule has 1 unspecified atom stereocenters. The lowest BCUT2D eigenvalue weighted by Crippen LogP contribution is -2.54. The quantitative estimate of drug-likeness (QED) is 0.230. The maximum atomic E-state index is 12.9. The van der Waals surface area contributed by atoms with Gasteiger partial charge in [0.05, 0.1) is 23.1 Å². The summed E-state index contributed by atoms with van der Waals surface area (Å²) < 4.78 is 0. The van der Waals surface area contributed by atoms with Crippen LogP contribution in [0.5, 0.6) is 5.75 Å². The third kappa shape index (κ3) is 8.38. The van der Waals surface area contributed by atoms with Crippen LogP contribution in [-0.4, -0.2) is 56.5 Å². The van der Waals surface area contributed by atoms with Crippen LogP contribution in [0.4, 0.5) is 5.69 Å². The van der Waals surface area contributed by atoms with Crippen molar-refractivity contribution >= 4 is 41.0 Å². The maximum absolute atomic E-state index is 12.9. The summed E-state index contributed by atoms with van der Waals surface area (Å²) in [5.41, 5.74) is 0.160. The summed E-state index contributed by atoms with van der Waals surface area (Å²) in [6, 6.07) is 9.95. The number of nitro groups is 1. The Kier molecular flexibility index (Phi) is 10.4. The summed E-state index contributed by atoms with van der Waals surface area (Å²) in [6.07, 6.45) is -0.626. The topological polar surface area (TPSA) is 176 Å². The van der Waals surface area contributed by atoms with Crippen molar-refractivity contribution in [3.8, 4) is 5.75 Å². The first kappa shape index (κ1) is 28.3. The predicted octanol–water partition coefficient (Wildman–Crippen LogP) is 2.52. The van der Waals surface area contributed by atoms with E-state index in [1.807, 2.05) is 30.3 Å². The van der Waals surface area contributed by atoms with Crippen LogP contribution in [0.15, 0.2) is 48.5 Å². The number of nitrogens with zero attached hydrogens (tertiary/aromatic N) is 1. The Labute approximate surface area is 211 Å². The van der Waals surface area contributed by atoms with Crippen LogP contribution in [0.25, 0.3) is 0 Å². The molecule has 0 aliphatic rings. The van der Waals surface area contributed by atoms with E-state index in [2.05, 4.69) is 10.6 Å². The minimum Gasteiger partial charge on any atom is -0.502 e. The number of benzene rings is 2. The third-order valence-corrected chi connectivity index (χ3v) is 6.14. The highest BCUT2D eigenvalue weighted by atomic mass is 32.2. The molecule has 0 aromatic heterocycles. The van der Waals surface area contributed by atoms with Gasteiger partial charge in [-0.3, -0.25) is 29.3 Å². The predicted molar refractivity (Wildman–Crippen MR) is 133 cm³/mol. The lowest BCUT2D eigenvalue weighted by molar-refractivity contribution is -0.385. The molecule has 12 heteroatoms. The van der Waals surface area contributed by atoms with Gasteiger partial charge in [-0.05, 0) is 23.6 Å². The zero-order valence-electron chi connectivity index (χ0n) is 19.7. The van der Waals surface area contributed by atoms with Gasteiger partial charge in [0.1, 0.15) is 6.04 Å². The number of carboxylic acids is 1. The van der Waals surface area contributed by atoms with Crippen LogP contribution in [0.3, 0.4) is 0 Å². The number of Topliss-reactive ketones (excluding diaryl/α,β-unsaturated/α-hetero) is 1. The molecule has 2 rings (SSSR count). The van der Waals surface area contributed by atoms with Crippen molar-refractivity contribution in [3.63, 3.8) is 0 Å². The van der Waals surface area contributed by atoms with Crippen LogP contribution < -0.4 is 10.6 Å². The highest BCUT2D eigenvalue weighted by molar-refractivity contribution is 7.99. The lowest BCUT2D eigenvalue weighted by Gasteiger charge is -2.24. The van der Waals surface area contributed by atoms with E-state index in [1.54, 1.807) is 13.8 Å². The molecule has 36 heavy (non-hydrogen) atoms. The number of phenols is 1. The van der Waals surface area contributed by atoms with Crippen molar-refractivity contribution in [2.75, 3.05) is 5.75 Å². The van der Waals surface area contributed by atoms with Gasteiger partial charge in [0.15, 0.2) is 11.5 Å². The highest BCUT2D eigenvalue weighted by Crippen LogP contribution is 2.26. The first-order valence-electron chi connectivity index (χ1n) is 10.9. The van der Waals surface area contributed by atoms with E-state index < -0.39 is 64.3 Å². The monoisotopic (exact) mass is 517 g/mol. The molecule has 0 saturated carbocycles. The van der Waals surface area contributed by atoms with Crippen LogP contribution in [0, 0.1) is 16.0 Å². The average Bonchev–Trinajstić information content (AvgIpc) is 2.82. The number of nitrogens with one attached hydrogen (secondary N) is 2. The Hall–Kier alpha value is -3.93. The van der Waals surface area contributed by atoms with Crippen molar-refractivity contribution in [1.82, 2.24) is 10.6 Å². The zero-order valence-corrected chi connectivity index (χ0v) is 20.5. The number of hydrogen-bond acceptors (Lipinski definition) is 8. The van der Waals surface area contributed by atoms with Gasteiger partial charge in [0.25, 0.3) is 5.91 Å². The van der Waals surface area contributed by atoms with E-state index >= 15 is 0 Å². The molecule has 0 fully saturated rings. The number of amides is 2. The molecule has 11 nitrogen and oxygen atoms in total. The van der Waals surface area contributed by atoms with Crippen molar-refractivity contribution in [3.05, 3.63) is 69.8 Å². The largest absolute Gasteiger partial charge is 0.502 e. The Morgan fingerprint density at radius 3 is 2.31 bits per heavy atom. The molecule has 0 saturated heterocycles.